The number of carboxylic acids is 1. The number of hydrogen-bond acceptors (Lipinski definition) is 4. The van der Waals surface area contributed by atoms with Crippen LogP contribution in [0.5, 0.6) is 0 Å². The van der Waals surface area contributed by atoms with Crippen LogP contribution >= 0.6 is 0 Å². The fourth-order valence-electron chi connectivity index (χ4n) is 2.17. The lowest BCUT2D eigenvalue weighted by Crippen LogP contribution is -2.34. The van der Waals surface area contributed by atoms with E-state index in [0.29, 0.717) is 6.04 Å². The quantitative estimate of drug-likeness (QED) is 0.868. The Hall–Kier alpha value is -2.18. The maximum absolute atomic E-state index is 11.8. The zero-order chi connectivity index (χ0) is 13.4. The van der Waals surface area contributed by atoms with Crippen molar-refractivity contribution in [3.63, 3.8) is 0 Å². The van der Waals surface area contributed by atoms with Crippen molar-refractivity contribution in [2.75, 3.05) is 0 Å². The van der Waals surface area contributed by atoms with Crippen LogP contribution in [0.3, 0.4) is 0 Å². The highest BCUT2D eigenvalue weighted by Crippen LogP contribution is 2.35. The van der Waals surface area contributed by atoms with Gasteiger partial charge >= 0.3 is 5.97 Å². The minimum absolute atomic E-state index is 0.0390. The van der Waals surface area contributed by atoms with Gasteiger partial charge in [0.15, 0.2) is 0 Å². The minimum atomic E-state index is -1.06. The first kappa shape index (κ1) is 11.9. The van der Waals surface area contributed by atoms with Crippen molar-refractivity contribution < 1.29 is 14.7 Å². The zero-order valence-corrected chi connectivity index (χ0v) is 10.3. The molecule has 0 aromatic carbocycles. The largest absolute Gasteiger partial charge is 0.477 e. The molecule has 1 saturated carbocycles. The van der Waals surface area contributed by atoms with Gasteiger partial charge in [0.25, 0.3) is 0 Å². The van der Waals surface area contributed by atoms with Gasteiger partial charge in [-0.2, -0.15) is 5.10 Å². The molecule has 1 fully saturated rings. The summed E-state index contributed by atoms with van der Waals surface area (Å²) in [5, 5.41) is 14.1. The number of imidazole rings is 1. The van der Waals surface area contributed by atoms with E-state index in [4.69, 9.17) is 5.11 Å². The molecule has 1 aromatic heterocycles. The number of aliphatic carboxylic acids is 1. The van der Waals surface area contributed by atoms with E-state index in [1.165, 1.54) is 5.01 Å². The third-order valence-corrected chi connectivity index (χ3v) is 3.35. The lowest BCUT2D eigenvalue weighted by atomic mass is 10.1. The summed E-state index contributed by atoms with van der Waals surface area (Å²) >= 11 is 0. The minimum Gasteiger partial charge on any atom is -0.477 e. The average Bonchev–Trinajstić information content (AvgIpc) is 3.12. The van der Waals surface area contributed by atoms with Gasteiger partial charge in [-0.25, -0.2) is 14.8 Å². The van der Waals surface area contributed by atoms with Crippen molar-refractivity contribution in [3.8, 4) is 0 Å². The zero-order valence-electron chi connectivity index (χ0n) is 10.3. The summed E-state index contributed by atoms with van der Waals surface area (Å²) in [5.74, 6) is -1.21. The highest BCUT2D eigenvalue weighted by molar-refractivity contribution is 6.36. The van der Waals surface area contributed by atoms with Gasteiger partial charge in [0, 0.05) is 18.9 Å². The second-order valence-electron chi connectivity index (χ2n) is 4.83. The third-order valence-electron chi connectivity index (χ3n) is 3.35. The standard InChI is InChI=1S/C12H14N4O3/c17-11-4-3-10(12(18)19)14-16(11)6-9-5-13-7-15(9)8-1-2-8/h5,7-8H,1-4,6H2,(H,18,19). The molecule has 0 radical (unpaired) electrons. The summed E-state index contributed by atoms with van der Waals surface area (Å²) in [6.07, 6.45) is 6.11. The van der Waals surface area contributed by atoms with Gasteiger partial charge in [-0.15, -0.1) is 0 Å². The molecule has 1 aliphatic carbocycles. The SMILES string of the molecule is O=C(O)C1=NN(Cc2cncn2C2CC2)C(=O)CC1. The number of hydrazone groups is 1. The first-order valence-corrected chi connectivity index (χ1v) is 6.27. The number of rotatable bonds is 4. The summed E-state index contributed by atoms with van der Waals surface area (Å²) in [7, 11) is 0. The smallest absolute Gasteiger partial charge is 0.352 e. The van der Waals surface area contributed by atoms with E-state index < -0.39 is 5.97 Å². The normalized spacial score (nSPS) is 19.5. The molecule has 7 heteroatoms. The van der Waals surface area contributed by atoms with Crippen LogP contribution in [0.25, 0.3) is 0 Å². The van der Waals surface area contributed by atoms with E-state index in [-0.39, 0.29) is 31.0 Å². The Bertz CT molecular complexity index is 559. The number of amides is 1. The lowest BCUT2D eigenvalue weighted by Gasteiger charge is -2.22. The molecule has 0 bridgehead atoms. The Labute approximate surface area is 109 Å². The summed E-state index contributed by atoms with van der Waals surface area (Å²) < 4.78 is 2.04. The number of nitrogens with zero attached hydrogens (tertiary/aromatic N) is 4. The first-order chi connectivity index (χ1) is 9.15. The molecule has 1 aromatic rings. The highest BCUT2D eigenvalue weighted by atomic mass is 16.4. The van der Waals surface area contributed by atoms with Crippen molar-refractivity contribution in [1.29, 1.82) is 0 Å². The Kier molecular flexibility index (Phi) is 2.81. The molecule has 3 rings (SSSR count). The predicted molar refractivity (Wildman–Crippen MR) is 65.4 cm³/mol. The van der Waals surface area contributed by atoms with Crippen LogP contribution in [0.2, 0.25) is 0 Å². The Morgan fingerprint density at radius 2 is 2.21 bits per heavy atom. The maximum Gasteiger partial charge on any atom is 0.352 e. The van der Waals surface area contributed by atoms with Crippen LogP contribution in [-0.4, -0.2) is 37.3 Å². The number of aromatic nitrogens is 2. The highest BCUT2D eigenvalue weighted by Gasteiger charge is 2.28. The molecule has 1 aliphatic heterocycles. The van der Waals surface area contributed by atoms with Gasteiger partial charge in [0.1, 0.15) is 5.71 Å². The molecule has 0 spiro atoms. The van der Waals surface area contributed by atoms with E-state index in [2.05, 4.69) is 10.1 Å². The number of carboxylic acid groups (broad SMARTS) is 1. The van der Waals surface area contributed by atoms with Gasteiger partial charge in [0.2, 0.25) is 5.91 Å². The van der Waals surface area contributed by atoms with Crippen molar-refractivity contribution >= 4 is 17.6 Å². The molecule has 100 valence electrons. The van der Waals surface area contributed by atoms with E-state index in [1.807, 2.05) is 4.57 Å². The van der Waals surface area contributed by atoms with E-state index in [0.717, 1.165) is 18.5 Å². The second-order valence-corrected chi connectivity index (χ2v) is 4.83. The molecule has 1 N–H and O–H groups in total. The molecule has 1 amide bonds. The van der Waals surface area contributed by atoms with Crippen molar-refractivity contribution in [2.24, 2.45) is 5.10 Å². The first-order valence-electron chi connectivity index (χ1n) is 6.27. The van der Waals surface area contributed by atoms with Crippen LogP contribution < -0.4 is 0 Å². The molecule has 2 heterocycles. The summed E-state index contributed by atoms with van der Waals surface area (Å²) in [6, 6.07) is 0.473. The van der Waals surface area contributed by atoms with Crippen LogP contribution in [0.4, 0.5) is 0 Å². The molecular formula is C12H14N4O3. The van der Waals surface area contributed by atoms with Gasteiger partial charge in [-0.05, 0) is 12.8 Å². The lowest BCUT2D eigenvalue weighted by molar-refractivity contribution is -0.133. The van der Waals surface area contributed by atoms with Crippen molar-refractivity contribution in [1.82, 2.24) is 14.6 Å². The monoisotopic (exact) mass is 262 g/mol. The molecule has 19 heavy (non-hydrogen) atoms. The van der Waals surface area contributed by atoms with Gasteiger partial charge in [0.05, 0.1) is 24.8 Å². The molecule has 0 atom stereocenters. The Balaban J connectivity index is 1.80. The van der Waals surface area contributed by atoms with Crippen LogP contribution in [0, 0.1) is 0 Å². The number of hydrogen-bond donors (Lipinski definition) is 1. The summed E-state index contributed by atoms with van der Waals surface area (Å²) in [6.45, 7) is 0.284. The molecule has 7 nitrogen and oxygen atoms in total. The van der Waals surface area contributed by atoms with Crippen molar-refractivity contribution in [2.45, 2.75) is 38.3 Å². The number of carbonyl (C=O) groups is 2. The van der Waals surface area contributed by atoms with Crippen LogP contribution in [0.15, 0.2) is 17.6 Å². The van der Waals surface area contributed by atoms with Crippen LogP contribution in [-0.2, 0) is 16.1 Å². The maximum atomic E-state index is 11.8. The average molecular weight is 262 g/mol. The molecule has 0 unspecified atom stereocenters. The molecular weight excluding hydrogens is 248 g/mol. The number of carbonyl (C=O) groups excluding carboxylic acids is 1. The van der Waals surface area contributed by atoms with Crippen LogP contribution in [0.1, 0.15) is 37.4 Å². The fourth-order valence-corrected chi connectivity index (χ4v) is 2.17. The fraction of sp³-hybridized carbons (Fsp3) is 0.500. The van der Waals surface area contributed by atoms with E-state index >= 15 is 0 Å². The van der Waals surface area contributed by atoms with E-state index in [9.17, 15) is 9.59 Å². The van der Waals surface area contributed by atoms with Crippen molar-refractivity contribution in [3.05, 3.63) is 18.2 Å². The van der Waals surface area contributed by atoms with E-state index in [1.54, 1.807) is 12.5 Å². The van der Waals surface area contributed by atoms with Gasteiger partial charge in [-0.1, -0.05) is 0 Å². The van der Waals surface area contributed by atoms with Gasteiger partial charge < -0.3 is 9.67 Å². The topological polar surface area (TPSA) is 87.8 Å². The third kappa shape index (κ3) is 2.35. The summed E-state index contributed by atoms with van der Waals surface area (Å²) in [4.78, 5) is 26.8. The summed E-state index contributed by atoms with van der Waals surface area (Å²) in [5.41, 5.74) is 0.934. The Morgan fingerprint density at radius 3 is 2.89 bits per heavy atom. The second kappa shape index (κ2) is 4.49. The predicted octanol–water partition coefficient (Wildman–Crippen LogP) is 0.781. The molecule has 2 aliphatic rings. The van der Waals surface area contributed by atoms with Gasteiger partial charge in [-0.3, -0.25) is 4.79 Å². The Morgan fingerprint density at radius 1 is 1.42 bits per heavy atom. The molecule has 0 saturated heterocycles.